The lowest BCUT2D eigenvalue weighted by atomic mass is 10.1. The monoisotopic (exact) mass is 305 g/mol. The van der Waals surface area contributed by atoms with Crippen LogP contribution in [0.15, 0.2) is 10.7 Å². The number of ether oxygens (including phenoxy) is 1. The summed E-state index contributed by atoms with van der Waals surface area (Å²) in [6.45, 7) is 7.15. The molecule has 8 heteroatoms. The molecule has 1 amide bonds. The molecular weight excluding hydrogens is 286 g/mol. The standard InChI is InChI=1S/C14H19N5O3/c1-8(2)12-10(6-15-17-12)14(20)19-4-5-21-11(7-19)13-16-9(3)22-18-13/h6,8,11H,4-5,7H2,1-3H3,(H,15,17). The van der Waals surface area contributed by atoms with E-state index in [0.717, 1.165) is 5.69 Å². The van der Waals surface area contributed by atoms with Crippen LogP contribution in [0.4, 0.5) is 0 Å². The number of aromatic nitrogens is 4. The molecule has 1 N–H and O–H groups in total. The Morgan fingerprint density at radius 1 is 1.50 bits per heavy atom. The van der Waals surface area contributed by atoms with Gasteiger partial charge < -0.3 is 14.2 Å². The molecule has 1 fully saturated rings. The van der Waals surface area contributed by atoms with Gasteiger partial charge in [-0.15, -0.1) is 0 Å². The Hall–Kier alpha value is -2.22. The fraction of sp³-hybridized carbons (Fsp3) is 0.571. The molecule has 0 saturated carbocycles. The number of morpholine rings is 1. The molecule has 3 rings (SSSR count). The van der Waals surface area contributed by atoms with Gasteiger partial charge in [-0.3, -0.25) is 9.89 Å². The Labute approximate surface area is 127 Å². The third-order valence-electron chi connectivity index (χ3n) is 3.66. The lowest BCUT2D eigenvalue weighted by Gasteiger charge is -2.31. The van der Waals surface area contributed by atoms with E-state index >= 15 is 0 Å². The van der Waals surface area contributed by atoms with E-state index in [0.29, 0.717) is 37.0 Å². The maximum atomic E-state index is 12.7. The first kappa shape index (κ1) is 14.7. The number of nitrogens with one attached hydrogen (secondary N) is 1. The van der Waals surface area contributed by atoms with Crippen LogP contribution < -0.4 is 0 Å². The first-order chi connectivity index (χ1) is 10.6. The maximum absolute atomic E-state index is 12.7. The lowest BCUT2D eigenvalue weighted by Crippen LogP contribution is -2.42. The number of rotatable bonds is 3. The van der Waals surface area contributed by atoms with Crippen molar-refractivity contribution >= 4 is 5.91 Å². The van der Waals surface area contributed by atoms with Crippen molar-refractivity contribution in [2.24, 2.45) is 0 Å². The minimum atomic E-state index is -0.357. The molecule has 1 atom stereocenters. The fourth-order valence-corrected chi connectivity index (χ4v) is 2.51. The minimum absolute atomic E-state index is 0.0500. The average molecular weight is 305 g/mol. The highest BCUT2D eigenvalue weighted by molar-refractivity contribution is 5.95. The van der Waals surface area contributed by atoms with Gasteiger partial charge in [0, 0.05) is 13.5 Å². The molecule has 2 aromatic heterocycles. The van der Waals surface area contributed by atoms with Crippen molar-refractivity contribution in [1.82, 2.24) is 25.2 Å². The topological polar surface area (TPSA) is 97.1 Å². The van der Waals surface area contributed by atoms with Crippen LogP contribution in [0.2, 0.25) is 0 Å². The summed E-state index contributed by atoms with van der Waals surface area (Å²) in [5.41, 5.74) is 1.46. The second-order valence-corrected chi connectivity index (χ2v) is 5.63. The van der Waals surface area contributed by atoms with Gasteiger partial charge in [0.05, 0.1) is 30.6 Å². The molecule has 2 aromatic rings. The number of hydrogen-bond acceptors (Lipinski definition) is 6. The van der Waals surface area contributed by atoms with Crippen LogP contribution in [-0.4, -0.2) is 50.8 Å². The molecule has 0 radical (unpaired) electrons. The quantitative estimate of drug-likeness (QED) is 0.921. The third-order valence-corrected chi connectivity index (χ3v) is 3.66. The summed E-state index contributed by atoms with van der Waals surface area (Å²) in [7, 11) is 0. The van der Waals surface area contributed by atoms with Gasteiger partial charge >= 0.3 is 0 Å². The highest BCUT2D eigenvalue weighted by Crippen LogP contribution is 2.23. The van der Waals surface area contributed by atoms with Gasteiger partial charge in [0.15, 0.2) is 0 Å². The number of hydrogen-bond donors (Lipinski definition) is 1. The smallest absolute Gasteiger partial charge is 0.257 e. The molecule has 8 nitrogen and oxygen atoms in total. The second kappa shape index (κ2) is 5.88. The number of carbonyl (C=O) groups is 1. The Kier molecular flexibility index (Phi) is 3.93. The van der Waals surface area contributed by atoms with E-state index in [-0.39, 0.29) is 17.9 Å². The number of amides is 1. The number of H-pyrrole nitrogens is 1. The number of aryl methyl sites for hydroxylation is 1. The summed E-state index contributed by atoms with van der Waals surface area (Å²) >= 11 is 0. The summed E-state index contributed by atoms with van der Waals surface area (Å²) in [5.74, 6) is 1.12. The van der Waals surface area contributed by atoms with Crippen molar-refractivity contribution in [1.29, 1.82) is 0 Å². The Bertz CT molecular complexity index is 663. The normalized spacial score (nSPS) is 18.9. The molecule has 0 bridgehead atoms. The molecule has 0 spiro atoms. The first-order valence-electron chi connectivity index (χ1n) is 7.30. The predicted molar refractivity (Wildman–Crippen MR) is 76.3 cm³/mol. The molecule has 1 unspecified atom stereocenters. The summed E-state index contributed by atoms with van der Waals surface area (Å²) in [5, 5.41) is 10.8. The molecular formula is C14H19N5O3. The van der Waals surface area contributed by atoms with E-state index in [1.165, 1.54) is 0 Å². The predicted octanol–water partition coefficient (Wildman–Crippen LogP) is 1.44. The summed E-state index contributed by atoms with van der Waals surface area (Å²) < 4.78 is 10.6. The highest BCUT2D eigenvalue weighted by Gasteiger charge is 2.30. The van der Waals surface area contributed by atoms with Crippen LogP contribution in [0.5, 0.6) is 0 Å². The summed E-state index contributed by atoms with van der Waals surface area (Å²) in [6, 6.07) is 0. The Morgan fingerprint density at radius 2 is 2.32 bits per heavy atom. The van der Waals surface area contributed by atoms with Gasteiger partial charge in [-0.05, 0) is 5.92 Å². The van der Waals surface area contributed by atoms with Crippen molar-refractivity contribution in [2.45, 2.75) is 32.8 Å². The number of carbonyl (C=O) groups excluding carboxylic acids is 1. The molecule has 22 heavy (non-hydrogen) atoms. The second-order valence-electron chi connectivity index (χ2n) is 5.63. The van der Waals surface area contributed by atoms with Crippen LogP contribution in [-0.2, 0) is 4.74 Å². The van der Waals surface area contributed by atoms with Crippen molar-refractivity contribution in [2.75, 3.05) is 19.7 Å². The van der Waals surface area contributed by atoms with E-state index in [2.05, 4.69) is 20.3 Å². The highest BCUT2D eigenvalue weighted by atomic mass is 16.5. The number of nitrogens with zero attached hydrogens (tertiary/aromatic N) is 4. The lowest BCUT2D eigenvalue weighted by molar-refractivity contribution is -0.0276. The van der Waals surface area contributed by atoms with Gasteiger partial charge in [0.1, 0.15) is 6.10 Å². The van der Waals surface area contributed by atoms with Crippen molar-refractivity contribution in [3.63, 3.8) is 0 Å². The summed E-state index contributed by atoms with van der Waals surface area (Å²) in [6.07, 6.45) is 1.23. The van der Waals surface area contributed by atoms with Crippen molar-refractivity contribution in [3.05, 3.63) is 29.2 Å². The van der Waals surface area contributed by atoms with E-state index in [1.807, 2.05) is 13.8 Å². The van der Waals surface area contributed by atoms with Crippen LogP contribution in [0, 0.1) is 6.92 Å². The van der Waals surface area contributed by atoms with Crippen LogP contribution in [0.1, 0.15) is 53.6 Å². The average Bonchev–Trinajstić information content (AvgIpc) is 3.15. The Balaban J connectivity index is 1.77. The van der Waals surface area contributed by atoms with Crippen molar-refractivity contribution < 1.29 is 14.1 Å². The molecule has 3 heterocycles. The molecule has 1 aliphatic heterocycles. The van der Waals surface area contributed by atoms with Gasteiger partial charge in [-0.1, -0.05) is 19.0 Å². The zero-order valence-electron chi connectivity index (χ0n) is 12.9. The van der Waals surface area contributed by atoms with Crippen LogP contribution >= 0.6 is 0 Å². The molecule has 1 aliphatic rings. The molecule has 0 aromatic carbocycles. The maximum Gasteiger partial charge on any atom is 0.257 e. The zero-order valence-corrected chi connectivity index (χ0v) is 12.9. The molecule has 118 valence electrons. The van der Waals surface area contributed by atoms with Gasteiger partial charge in [0.25, 0.3) is 5.91 Å². The summed E-state index contributed by atoms with van der Waals surface area (Å²) in [4.78, 5) is 18.6. The SMILES string of the molecule is Cc1nc(C2CN(C(=O)c3cn[nH]c3C(C)C)CCO2)no1. The van der Waals surface area contributed by atoms with E-state index in [1.54, 1.807) is 18.0 Å². The number of aromatic amines is 1. The van der Waals surface area contributed by atoms with E-state index in [4.69, 9.17) is 9.26 Å². The van der Waals surface area contributed by atoms with Crippen LogP contribution in [0.3, 0.4) is 0 Å². The fourth-order valence-electron chi connectivity index (χ4n) is 2.51. The molecule has 1 saturated heterocycles. The van der Waals surface area contributed by atoms with E-state index in [9.17, 15) is 4.79 Å². The van der Waals surface area contributed by atoms with Crippen LogP contribution in [0.25, 0.3) is 0 Å². The van der Waals surface area contributed by atoms with Gasteiger partial charge in [-0.25, -0.2) is 0 Å². The van der Waals surface area contributed by atoms with Gasteiger partial charge in [0.2, 0.25) is 11.7 Å². The minimum Gasteiger partial charge on any atom is -0.366 e. The molecule has 0 aliphatic carbocycles. The Morgan fingerprint density at radius 3 is 3.00 bits per heavy atom. The zero-order chi connectivity index (χ0) is 15.7. The first-order valence-corrected chi connectivity index (χ1v) is 7.30. The van der Waals surface area contributed by atoms with E-state index < -0.39 is 0 Å². The third kappa shape index (κ3) is 2.74. The largest absolute Gasteiger partial charge is 0.366 e. The van der Waals surface area contributed by atoms with Gasteiger partial charge in [-0.2, -0.15) is 10.1 Å². The van der Waals surface area contributed by atoms with Crippen molar-refractivity contribution in [3.8, 4) is 0 Å².